The van der Waals surface area contributed by atoms with Crippen LogP contribution in [0.2, 0.25) is 0 Å². The minimum absolute atomic E-state index is 0.0314. The van der Waals surface area contributed by atoms with Crippen LogP contribution in [0, 0.1) is 0 Å². The van der Waals surface area contributed by atoms with E-state index in [2.05, 4.69) is 17.6 Å². The lowest BCUT2D eigenvalue weighted by Gasteiger charge is -2.16. The van der Waals surface area contributed by atoms with Gasteiger partial charge in [0.25, 0.3) is 0 Å². The number of carbonyl (C=O) groups excluding carboxylic acids is 3. The summed E-state index contributed by atoms with van der Waals surface area (Å²) in [5, 5.41) is 5.79. The standard InChI is InChI=1S/C27H52N2O3/c1-4-5-6-7-8-12-15-18-21-26(24(2)30)29-27(32)22-19-16-13-10-9-11-14-17-20-23-28-25(3)31/h26H,4-23H2,1-3H3,(H,28,31)(H,29,32). The molecule has 0 aliphatic carbocycles. The summed E-state index contributed by atoms with van der Waals surface area (Å²) in [6.07, 6.45) is 21.6. The first-order valence-electron chi connectivity index (χ1n) is 13.5. The monoisotopic (exact) mass is 452 g/mol. The van der Waals surface area contributed by atoms with E-state index in [4.69, 9.17) is 0 Å². The first-order chi connectivity index (χ1) is 15.5. The predicted octanol–water partition coefficient (Wildman–Crippen LogP) is 6.63. The molecule has 0 aromatic carbocycles. The Kier molecular flexibility index (Phi) is 21.8. The summed E-state index contributed by atoms with van der Waals surface area (Å²) in [7, 11) is 0. The third-order valence-electron chi connectivity index (χ3n) is 6.13. The molecule has 5 nitrogen and oxygen atoms in total. The third-order valence-corrected chi connectivity index (χ3v) is 6.13. The molecule has 0 spiro atoms. The number of amides is 2. The fourth-order valence-corrected chi connectivity index (χ4v) is 4.04. The van der Waals surface area contributed by atoms with Gasteiger partial charge in [0.1, 0.15) is 0 Å². The molecule has 0 aromatic rings. The molecule has 5 heteroatoms. The molecule has 0 aliphatic rings. The second-order valence-electron chi connectivity index (χ2n) is 9.41. The van der Waals surface area contributed by atoms with Crippen molar-refractivity contribution in [2.24, 2.45) is 0 Å². The topological polar surface area (TPSA) is 75.3 Å². The molecule has 0 saturated carbocycles. The molecule has 0 aliphatic heterocycles. The highest BCUT2D eigenvalue weighted by molar-refractivity contribution is 5.87. The minimum atomic E-state index is -0.298. The number of hydrogen-bond donors (Lipinski definition) is 2. The van der Waals surface area contributed by atoms with E-state index in [1.165, 1.54) is 77.0 Å². The number of rotatable bonds is 23. The number of hydrogen-bond acceptors (Lipinski definition) is 3. The number of ketones is 1. The van der Waals surface area contributed by atoms with Crippen LogP contribution in [0.1, 0.15) is 143 Å². The Bertz CT molecular complexity index is 480. The molecular formula is C27H52N2O3. The van der Waals surface area contributed by atoms with Gasteiger partial charge in [-0.15, -0.1) is 0 Å². The molecule has 2 N–H and O–H groups in total. The van der Waals surface area contributed by atoms with Crippen molar-refractivity contribution in [2.45, 2.75) is 149 Å². The largest absolute Gasteiger partial charge is 0.356 e. The van der Waals surface area contributed by atoms with Gasteiger partial charge in [0.2, 0.25) is 11.8 Å². The van der Waals surface area contributed by atoms with Crippen LogP contribution in [0.5, 0.6) is 0 Å². The fourth-order valence-electron chi connectivity index (χ4n) is 4.04. The molecule has 32 heavy (non-hydrogen) atoms. The van der Waals surface area contributed by atoms with Crippen LogP contribution in [0.25, 0.3) is 0 Å². The Morgan fingerprint density at radius 1 is 0.625 bits per heavy atom. The number of carbonyl (C=O) groups is 3. The molecule has 188 valence electrons. The molecule has 0 rings (SSSR count). The molecule has 2 amide bonds. The Hall–Kier alpha value is -1.39. The van der Waals surface area contributed by atoms with E-state index < -0.39 is 0 Å². The average Bonchev–Trinajstić information content (AvgIpc) is 2.75. The maximum Gasteiger partial charge on any atom is 0.220 e. The molecule has 0 aromatic heterocycles. The first kappa shape index (κ1) is 30.6. The fraction of sp³-hybridized carbons (Fsp3) is 0.889. The molecule has 1 unspecified atom stereocenters. The Balaban J connectivity index is 3.59. The predicted molar refractivity (Wildman–Crippen MR) is 135 cm³/mol. The van der Waals surface area contributed by atoms with Crippen molar-refractivity contribution in [2.75, 3.05) is 6.54 Å². The van der Waals surface area contributed by atoms with Crippen molar-refractivity contribution in [3.8, 4) is 0 Å². The summed E-state index contributed by atoms with van der Waals surface area (Å²) in [5.74, 6) is 0.168. The van der Waals surface area contributed by atoms with Gasteiger partial charge >= 0.3 is 0 Å². The van der Waals surface area contributed by atoms with E-state index in [1.807, 2.05) is 0 Å². The highest BCUT2D eigenvalue weighted by Crippen LogP contribution is 2.12. The van der Waals surface area contributed by atoms with Gasteiger partial charge < -0.3 is 10.6 Å². The van der Waals surface area contributed by atoms with Crippen LogP contribution in [-0.4, -0.2) is 30.2 Å². The van der Waals surface area contributed by atoms with Gasteiger partial charge in [0.15, 0.2) is 5.78 Å². The third kappa shape index (κ3) is 21.8. The van der Waals surface area contributed by atoms with Crippen molar-refractivity contribution in [3.63, 3.8) is 0 Å². The highest BCUT2D eigenvalue weighted by Gasteiger charge is 2.16. The zero-order chi connectivity index (χ0) is 23.9. The maximum atomic E-state index is 12.2. The van der Waals surface area contributed by atoms with Crippen molar-refractivity contribution >= 4 is 17.6 Å². The van der Waals surface area contributed by atoms with Crippen molar-refractivity contribution < 1.29 is 14.4 Å². The SMILES string of the molecule is CCCCCCCCCCC(NC(=O)CCCCCCCCCCCNC(C)=O)C(C)=O. The number of Topliss-reactive ketones (excluding diaryl/α,β-unsaturated/α-hetero) is 1. The maximum absolute atomic E-state index is 12.2. The quantitative estimate of drug-likeness (QED) is 0.171. The van der Waals surface area contributed by atoms with Crippen LogP contribution >= 0.6 is 0 Å². The number of unbranched alkanes of at least 4 members (excludes halogenated alkanes) is 15. The van der Waals surface area contributed by atoms with Crippen LogP contribution in [-0.2, 0) is 14.4 Å². The molecule has 1 atom stereocenters. The lowest BCUT2D eigenvalue weighted by atomic mass is 10.0. The Labute approximate surface area is 198 Å². The van der Waals surface area contributed by atoms with Gasteiger partial charge in [0.05, 0.1) is 6.04 Å². The summed E-state index contributed by atoms with van der Waals surface area (Å²) in [4.78, 5) is 34.9. The lowest BCUT2D eigenvalue weighted by Crippen LogP contribution is -2.39. The summed E-state index contributed by atoms with van der Waals surface area (Å²) in [6.45, 7) is 6.18. The van der Waals surface area contributed by atoms with Crippen LogP contribution < -0.4 is 10.6 Å². The molecule has 0 fully saturated rings. The van der Waals surface area contributed by atoms with E-state index >= 15 is 0 Å². The highest BCUT2D eigenvalue weighted by atomic mass is 16.2. The van der Waals surface area contributed by atoms with Gasteiger partial charge in [0, 0.05) is 19.9 Å². The Morgan fingerprint density at radius 3 is 1.59 bits per heavy atom. The average molecular weight is 453 g/mol. The smallest absolute Gasteiger partial charge is 0.220 e. The van der Waals surface area contributed by atoms with E-state index in [0.717, 1.165) is 45.1 Å². The van der Waals surface area contributed by atoms with Crippen LogP contribution in [0.15, 0.2) is 0 Å². The van der Waals surface area contributed by atoms with Gasteiger partial charge in [-0.2, -0.15) is 0 Å². The van der Waals surface area contributed by atoms with Crippen LogP contribution in [0.3, 0.4) is 0 Å². The molecule has 0 bridgehead atoms. The normalized spacial score (nSPS) is 11.8. The zero-order valence-electron chi connectivity index (χ0n) is 21.4. The summed E-state index contributed by atoms with van der Waals surface area (Å²) in [5.41, 5.74) is 0. The molecular weight excluding hydrogens is 400 g/mol. The van der Waals surface area contributed by atoms with Gasteiger partial charge in [-0.1, -0.05) is 103 Å². The second kappa shape index (κ2) is 22.8. The van der Waals surface area contributed by atoms with E-state index in [0.29, 0.717) is 6.42 Å². The second-order valence-corrected chi connectivity index (χ2v) is 9.41. The molecule has 0 radical (unpaired) electrons. The molecule has 0 heterocycles. The summed E-state index contributed by atoms with van der Waals surface area (Å²) < 4.78 is 0. The van der Waals surface area contributed by atoms with Gasteiger partial charge in [-0.3, -0.25) is 14.4 Å². The van der Waals surface area contributed by atoms with Crippen LogP contribution in [0.4, 0.5) is 0 Å². The van der Waals surface area contributed by atoms with Crippen molar-refractivity contribution in [1.29, 1.82) is 0 Å². The van der Waals surface area contributed by atoms with Gasteiger partial charge in [-0.05, 0) is 26.2 Å². The number of nitrogens with one attached hydrogen (secondary N) is 2. The van der Waals surface area contributed by atoms with E-state index in [9.17, 15) is 14.4 Å². The Morgan fingerprint density at radius 2 is 1.09 bits per heavy atom. The lowest BCUT2D eigenvalue weighted by molar-refractivity contribution is -0.127. The van der Waals surface area contributed by atoms with Crippen molar-refractivity contribution in [1.82, 2.24) is 10.6 Å². The molecule has 0 saturated heterocycles. The minimum Gasteiger partial charge on any atom is -0.356 e. The van der Waals surface area contributed by atoms with E-state index in [-0.39, 0.29) is 23.6 Å². The van der Waals surface area contributed by atoms with E-state index in [1.54, 1.807) is 13.8 Å². The zero-order valence-corrected chi connectivity index (χ0v) is 21.4. The summed E-state index contributed by atoms with van der Waals surface area (Å²) >= 11 is 0. The van der Waals surface area contributed by atoms with Crippen molar-refractivity contribution in [3.05, 3.63) is 0 Å². The first-order valence-corrected chi connectivity index (χ1v) is 13.5. The van der Waals surface area contributed by atoms with Gasteiger partial charge in [-0.25, -0.2) is 0 Å². The summed E-state index contributed by atoms with van der Waals surface area (Å²) in [6, 6.07) is -0.298.